The molecule has 0 aliphatic carbocycles. The van der Waals surface area contributed by atoms with Gasteiger partial charge >= 0.3 is 0 Å². The second kappa shape index (κ2) is 6.10. The molecule has 4 rings (SSSR count). The van der Waals surface area contributed by atoms with Crippen molar-refractivity contribution in [3.8, 4) is 0 Å². The van der Waals surface area contributed by atoms with E-state index in [1.54, 1.807) is 6.92 Å². The molecule has 3 nitrogen and oxygen atoms in total. The van der Waals surface area contributed by atoms with Crippen LogP contribution in [0.5, 0.6) is 0 Å². The zero-order valence-electron chi connectivity index (χ0n) is 15.0. The van der Waals surface area contributed by atoms with Crippen LogP contribution in [0.15, 0.2) is 66.7 Å². The zero-order chi connectivity index (χ0) is 18.3. The highest BCUT2D eigenvalue weighted by Crippen LogP contribution is 2.48. The Morgan fingerprint density at radius 1 is 1.00 bits per heavy atom. The Balaban J connectivity index is 1.89. The third-order valence-corrected chi connectivity index (χ3v) is 5.57. The first-order valence-corrected chi connectivity index (χ1v) is 8.89. The summed E-state index contributed by atoms with van der Waals surface area (Å²) in [7, 11) is 0. The summed E-state index contributed by atoms with van der Waals surface area (Å²) in [6, 6.07) is 22.2. The van der Waals surface area contributed by atoms with E-state index in [2.05, 4.69) is 35.6 Å². The maximum atomic E-state index is 13.0. The second-order valence-corrected chi connectivity index (χ2v) is 7.27. The highest BCUT2D eigenvalue weighted by molar-refractivity contribution is 6.07. The number of nitrogens with one attached hydrogen (secondary N) is 1. The molecule has 0 bridgehead atoms. The Kier molecular flexibility index (Phi) is 3.87. The van der Waals surface area contributed by atoms with Crippen molar-refractivity contribution in [3.63, 3.8) is 0 Å². The van der Waals surface area contributed by atoms with E-state index >= 15 is 0 Å². The van der Waals surface area contributed by atoms with E-state index in [4.69, 9.17) is 0 Å². The van der Waals surface area contributed by atoms with Gasteiger partial charge in [0.1, 0.15) is 5.78 Å². The smallest absolute Gasteiger partial charge is 0.235 e. The molecule has 3 aromatic rings. The minimum absolute atomic E-state index is 0.0434. The van der Waals surface area contributed by atoms with Crippen molar-refractivity contribution >= 4 is 28.2 Å². The van der Waals surface area contributed by atoms with Crippen LogP contribution in [0.2, 0.25) is 0 Å². The molecule has 1 amide bonds. The average molecular weight is 343 g/mol. The second-order valence-electron chi connectivity index (χ2n) is 7.27. The number of benzene rings is 3. The molecule has 0 fully saturated rings. The molecule has 1 heterocycles. The normalized spacial score (nSPS) is 19.8. The third-order valence-electron chi connectivity index (χ3n) is 5.57. The summed E-state index contributed by atoms with van der Waals surface area (Å²) in [4.78, 5) is 25.1. The zero-order valence-corrected chi connectivity index (χ0v) is 15.0. The van der Waals surface area contributed by atoms with E-state index in [9.17, 15) is 9.59 Å². The van der Waals surface area contributed by atoms with E-state index in [1.807, 2.05) is 43.3 Å². The van der Waals surface area contributed by atoms with Gasteiger partial charge in [-0.1, -0.05) is 60.7 Å². The molecule has 2 atom stereocenters. The maximum absolute atomic E-state index is 13.0. The number of anilines is 1. The molecular weight excluding hydrogens is 322 g/mol. The summed E-state index contributed by atoms with van der Waals surface area (Å²) >= 11 is 0. The van der Waals surface area contributed by atoms with E-state index < -0.39 is 5.41 Å². The lowest BCUT2D eigenvalue weighted by molar-refractivity contribution is -0.122. The summed E-state index contributed by atoms with van der Waals surface area (Å²) in [6.07, 6.45) is 0.330. The number of hydrogen-bond donors (Lipinski definition) is 1. The van der Waals surface area contributed by atoms with Crippen LogP contribution in [0.3, 0.4) is 0 Å². The number of para-hydroxylation sites is 1. The molecule has 130 valence electrons. The minimum atomic E-state index is -0.773. The number of ketones is 1. The first kappa shape index (κ1) is 16.5. The molecule has 1 aliphatic heterocycles. The van der Waals surface area contributed by atoms with Crippen LogP contribution in [0.4, 0.5) is 5.69 Å². The Bertz CT molecular complexity index is 1020. The lowest BCUT2D eigenvalue weighted by atomic mass is 9.67. The van der Waals surface area contributed by atoms with Crippen LogP contribution >= 0.6 is 0 Å². The van der Waals surface area contributed by atoms with E-state index in [-0.39, 0.29) is 17.6 Å². The van der Waals surface area contributed by atoms with Gasteiger partial charge in [0.05, 0.1) is 5.41 Å². The fourth-order valence-electron chi connectivity index (χ4n) is 4.13. The van der Waals surface area contributed by atoms with Gasteiger partial charge < -0.3 is 10.1 Å². The number of rotatable bonds is 4. The summed E-state index contributed by atoms with van der Waals surface area (Å²) in [5, 5.41) is 5.27. The topological polar surface area (TPSA) is 46.2 Å². The Morgan fingerprint density at radius 3 is 2.46 bits per heavy atom. The number of carbonyl (C=O) groups is 2. The van der Waals surface area contributed by atoms with E-state index in [0.29, 0.717) is 6.42 Å². The summed E-state index contributed by atoms with van der Waals surface area (Å²) in [5.74, 6) is -0.173. The molecule has 0 saturated carbocycles. The van der Waals surface area contributed by atoms with Crippen LogP contribution in [0, 0.1) is 0 Å². The monoisotopic (exact) mass is 343 g/mol. The lowest BCUT2D eigenvalue weighted by Crippen LogP contribution is -2.38. The molecule has 3 heteroatoms. The quantitative estimate of drug-likeness (QED) is 0.739. The Hall–Kier alpha value is -2.94. The average Bonchev–Trinajstić information content (AvgIpc) is 2.91. The maximum Gasteiger partial charge on any atom is 0.235 e. The first-order chi connectivity index (χ1) is 12.5. The van der Waals surface area contributed by atoms with Crippen molar-refractivity contribution in [2.45, 2.75) is 31.6 Å². The fourth-order valence-corrected chi connectivity index (χ4v) is 4.13. The number of amides is 1. The van der Waals surface area contributed by atoms with Crippen molar-refractivity contribution in [1.29, 1.82) is 0 Å². The van der Waals surface area contributed by atoms with Gasteiger partial charge in [0, 0.05) is 18.0 Å². The van der Waals surface area contributed by atoms with Crippen molar-refractivity contribution in [2.75, 3.05) is 5.32 Å². The molecule has 0 spiro atoms. The Labute approximate surface area is 153 Å². The van der Waals surface area contributed by atoms with Gasteiger partial charge in [0.25, 0.3) is 0 Å². The van der Waals surface area contributed by atoms with Gasteiger partial charge in [-0.3, -0.25) is 4.79 Å². The van der Waals surface area contributed by atoms with Crippen LogP contribution in [-0.4, -0.2) is 11.7 Å². The van der Waals surface area contributed by atoms with E-state index in [0.717, 1.165) is 27.6 Å². The van der Waals surface area contributed by atoms with Crippen molar-refractivity contribution < 1.29 is 9.59 Å². The third kappa shape index (κ3) is 2.51. The van der Waals surface area contributed by atoms with Crippen LogP contribution in [0.25, 0.3) is 10.8 Å². The van der Waals surface area contributed by atoms with Gasteiger partial charge in [-0.25, -0.2) is 0 Å². The molecular formula is C23H21NO2. The molecule has 3 aromatic carbocycles. The van der Waals surface area contributed by atoms with Gasteiger partial charge in [-0.05, 0) is 41.8 Å². The fraction of sp³-hybridized carbons (Fsp3) is 0.217. The molecule has 0 saturated heterocycles. The van der Waals surface area contributed by atoms with Crippen molar-refractivity contribution in [3.05, 3.63) is 77.9 Å². The van der Waals surface area contributed by atoms with Crippen LogP contribution < -0.4 is 5.32 Å². The number of Topliss-reactive ketones (excluding diaryl/α,β-unsaturated/α-hetero) is 1. The molecule has 0 aromatic heterocycles. The largest absolute Gasteiger partial charge is 0.325 e. The molecule has 1 aliphatic rings. The van der Waals surface area contributed by atoms with Gasteiger partial charge in [0.2, 0.25) is 5.91 Å². The number of fused-ring (bicyclic) bond motifs is 2. The number of hydrogen-bond acceptors (Lipinski definition) is 2. The van der Waals surface area contributed by atoms with Gasteiger partial charge in [-0.15, -0.1) is 0 Å². The van der Waals surface area contributed by atoms with Gasteiger partial charge in [0.15, 0.2) is 0 Å². The van der Waals surface area contributed by atoms with E-state index in [1.165, 1.54) is 0 Å². The molecule has 0 radical (unpaired) electrons. The summed E-state index contributed by atoms with van der Waals surface area (Å²) in [6.45, 7) is 3.55. The standard InChI is InChI=1S/C23H21NO2/c1-15(25)13-20(18-12-11-16-7-3-4-8-17(16)14-18)23(2)19-9-5-6-10-21(19)24-22(23)26/h3-12,14,20H,13H2,1-2H3,(H,24,26)/t20-,23+/m1/s1. The molecule has 1 N–H and O–H groups in total. The predicted octanol–water partition coefficient (Wildman–Crippen LogP) is 4.81. The predicted molar refractivity (Wildman–Crippen MR) is 104 cm³/mol. The minimum Gasteiger partial charge on any atom is -0.325 e. The van der Waals surface area contributed by atoms with Crippen LogP contribution in [0.1, 0.15) is 37.3 Å². The first-order valence-electron chi connectivity index (χ1n) is 8.89. The van der Waals surface area contributed by atoms with Crippen molar-refractivity contribution in [2.24, 2.45) is 0 Å². The van der Waals surface area contributed by atoms with Crippen molar-refractivity contribution in [1.82, 2.24) is 0 Å². The Morgan fingerprint density at radius 2 is 1.69 bits per heavy atom. The van der Waals surface area contributed by atoms with Gasteiger partial charge in [-0.2, -0.15) is 0 Å². The SMILES string of the molecule is CC(=O)C[C@H](c1ccc2ccccc2c1)[C@@]1(C)C(=O)Nc2ccccc21. The summed E-state index contributed by atoms with van der Waals surface area (Å²) in [5.41, 5.74) is 2.05. The van der Waals surface area contributed by atoms with Crippen LogP contribution in [-0.2, 0) is 15.0 Å². The molecule has 26 heavy (non-hydrogen) atoms. The summed E-state index contributed by atoms with van der Waals surface area (Å²) < 4.78 is 0. The lowest BCUT2D eigenvalue weighted by Gasteiger charge is -2.32. The molecule has 0 unspecified atom stereocenters. The number of carbonyl (C=O) groups excluding carboxylic acids is 2. The highest BCUT2D eigenvalue weighted by Gasteiger charge is 2.49. The highest BCUT2D eigenvalue weighted by atomic mass is 16.2.